The molecular formula is C11H13N2O. The summed E-state index contributed by atoms with van der Waals surface area (Å²) >= 11 is 0. The third kappa shape index (κ3) is 1.92. The highest BCUT2D eigenvalue weighted by Crippen LogP contribution is 2.11. The summed E-state index contributed by atoms with van der Waals surface area (Å²) in [7, 11) is 0. The minimum atomic E-state index is 0.125. The average Bonchev–Trinajstić information content (AvgIpc) is 2.30. The minimum absolute atomic E-state index is 0.125. The molecule has 0 bridgehead atoms. The highest BCUT2D eigenvalue weighted by atomic mass is 16.2. The van der Waals surface area contributed by atoms with E-state index in [1.165, 1.54) is 0 Å². The number of piperidine rings is 1. The van der Waals surface area contributed by atoms with Crippen molar-refractivity contribution in [1.29, 1.82) is 0 Å². The van der Waals surface area contributed by atoms with Crippen LogP contribution in [-0.2, 0) is 0 Å². The lowest BCUT2D eigenvalue weighted by Gasteiger charge is -2.26. The van der Waals surface area contributed by atoms with Gasteiger partial charge in [-0.15, -0.1) is 0 Å². The first-order chi connectivity index (χ1) is 6.88. The predicted molar refractivity (Wildman–Crippen MR) is 53.7 cm³/mol. The summed E-state index contributed by atoms with van der Waals surface area (Å²) in [5.41, 5.74) is 0.738. The Morgan fingerprint density at radius 3 is 2.50 bits per heavy atom. The van der Waals surface area contributed by atoms with Crippen molar-refractivity contribution in [2.75, 3.05) is 13.1 Å². The van der Waals surface area contributed by atoms with Gasteiger partial charge in [-0.3, -0.25) is 9.78 Å². The van der Waals surface area contributed by atoms with Crippen LogP contribution in [0.4, 0.5) is 0 Å². The zero-order valence-electron chi connectivity index (χ0n) is 8.02. The van der Waals surface area contributed by atoms with E-state index >= 15 is 0 Å². The minimum Gasteiger partial charge on any atom is -0.339 e. The quantitative estimate of drug-likeness (QED) is 0.671. The third-order valence-corrected chi connectivity index (χ3v) is 2.42. The second-order valence-electron chi connectivity index (χ2n) is 3.39. The van der Waals surface area contributed by atoms with E-state index in [0.29, 0.717) is 0 Å². The number of hydrogen-bond acceptors (Lipinski definition) is 2. The Labute approximate surface area is 83.8 Å². The molecule has 0 aliphatic carbocycles. The highest BCUT2D eigenvalue weighted by Gasteiger charge is 2.17. The lowest BCUT2D eigenvalue weighted by molar-refractivity contribution is 0.0742. The Morgan fingerprint density at radius 1 is 1.21 bits per heavy atom. The van der Waals surface area contributed by atoms with Gasteiger partial charge < -0.3 is 4.90 Å². The molecule has 1 fully saturated rings. The maximum Gasteiger partial charge on any atom is 0.253 e. The van der Waals surface area contributed by atoms with Gasteiger partial charge in [-0.05, 0) is 31.4 Å². The highest BCUT2D eigenvalue weighted by molar-refractivity contribution is 5.94. The van der Waals surface area contributed by atoms with Crippen LogP contribution < -0.4 is 0 Å². The van der Waals surface area contributed by atoms with E-state index in [1.54, 1.807) is 24.5 Å². The Bertz CT molecular complexity index is 304. The normalized spacial score (nSPS) is 16.7. The van der Waals surface area contributed by atoms with Crippen LogP contribution in [0.15, 0.2) is 24.5 Å². The van der Waals surface area contributed by atoms with Crippen molar-refractivity contribution in [3.8, 4) is 0 Å². The number of pyridine rings is 1. The second kappa shape index (κ2) is 4.22. The molecule has 0 spiro atoms. The Morgan fingerprint density at radius 2 is 1.86 bits per heavy atom. The van der Waals surface area contributed by atoms with Gasteiger partial charge in [0.1, 0.15) is 0 Å². The van der Waals surface area contributed by atoms with Crippen molar-refractivity contribution < 1.29 is 4.79 Å². The number of amides is 1. The van der Waals surface area contributed by atoms with Gasteiger partial charge in [0.15, 0.2) is 0 Å². The van der Waals surface area contributed by atoms with E-state index in [0.717, 1.165) is 31.5 Å². The van der Waals surface area contributed by atoms with Gasteiger partial charge in [0.2, 0.25) is 0 Å². The fourth-order valence-electron chi connectivity index (χ4n) is 1.63. The van der Waals surface area contributed by atoms with Crippen molar-refractivity contribution in [3.05, 3.63) is 36.5 Å². The summed E-state index contributed by atoms with van der Waals surface area (Å²) in [5, 5.41) is 0. The van der Waals surface area contributed by atoms with Crippen LogP contribution in [-0.4, -0.2) is 28.9 Å². The molecule has 3 heteroatoms. The molecule has 1 saturated heterocycles. The summed E-state index contributed by atoms with van der Waals surface area (Å²) < 4.78 is 0. The van der Waals surface area contributed by atoms with E-state index in [4.69, 9.17) is 0 Å². The molecular weight excluding hydrogens is 176 g/mol. The molecule has 1 amide bonds. The Kier molecular flexibility index (Phi) is 2.77. The maximum absolute atomic E-state index is 11.9. The van der Waals surface area contributed by atoms with E-state index in [1.807, 2.05) is 4.90 Å². The van der Waals surface area contributed by atoms with Gasteiger partial charge in [-0.1, -0.05) is 0 Å². The van der Waals surface area contributed by atoms with Crippen LogP contribution in [0.3, 0.4) is 0 Å². The molecule has 0 atom stereocenters. The average molecular weight is 189 g/mol. The zero-order valence-corrected chi connectivity index (χ0v) is 8.02. The number of carbonyl (C=O) groups is 1. The van der Waals surface area contributed by atoms with Crippen molar-refractivity contribution in [2.24, 2.45) is 0 Å². The summed E-state index contributed by atoms with van der Waals surface area (Å²) in [5.74, 6) is 0.125. The number of likely N-dealkylation sites (tertiary alicyclic amines) is 1. The SMILES string of the molecule is O=C(c1ccncc1)N1CC[CH]CC1. The summed E-state index contributed by atoms with van der Waals surface area (Å²) in [6, 6.07) is 3.53. The molecule has 0 N–H and O–H groups in total. The molecule has 0 aromatic carbocycles. The maximum atomic E-state index is 11.9. The van der Waals surface area contributed by atoms with Crippen LogP contribution in [0.1, 0.15) is 23.2 Å². The molecule has 1 aliphatic rings. The number of carbonyl (C=O) groups excluding carboxylic acids is 1. The topological polar surface area (TPSA) is 33.2 Å². The standard InChI is InChI=1S/C11H13N2O/c14-11(10-4-6-12-7-5-10)13-8-2-1-3-9-13/h1,4-7H,2-3,8-9H2. The van der Waals surface area contributed by atoms with Crippen LogP contribution in [0.2, 0.25) is 0 Å². The Hall–Kier alpha value is -1.38. The zero-order chi connectivity index (χ0) is 9.80. The molecule has 1 aromatic heterocycles. The molecule has 1 aliphatic heterocycles. The molecule has 2 rings (SSSR count). The van der Waals surface area contributed by atoms with E-state index in [-0.39, 0.29) is 5.91 Å². The van der Waals surface area contributed by atoms with Crippen molar-refractivity contribution in [3.63, 3.8) is 0 Å². The third-order valence-electron chi connectivity index (χ3n) is 2.42. The monoisotopic (exact) mass is 189 g/mol. The molecule has 73 valence electrons. The van der Waals surface area contributed by atoms with Crippen molar-refractivity contribution >= 4 is 5.91 Å². The first kappa shape index (κ1) is 9.19. The van der Waals surface area contributed by atoms with E-state index < -0.39 is 0 Å². The number of nitrogens with zero attached hydrogens (tertiary/aromatic N) is 2. The van der Waals surface area contributed by atoms with Crippen LogP contribution in [0.5, 0.6) is 0 Å². The van der Waals surface area contributed by atoms with Gasteiger partial charge in [0.05, 0.1) is 0 Å². The first-order valence-electron chi connectivity index (χ1n) is 4.89. The molecule has 1 radical (unpaired) electrons. The molecule has 0 unspecified atom stereocenters. The number of hydrogen-bond donors (Lipinski definition) is 0. The van der Waals surface area contributed by atoms with Crippen molar-refractivity contribution in [2.45, 2.75) is 12.8 Å². The van der Waals surface area contributed by atoms with Crippen LogP contribution in [0, 0.1) is 6.42 Å². The lowest BCUT2D eigenvalue weighted by Crippen LogP contribution is -2.35. The van der Waals surface area contributed by atoms with Gasteiger partial charge in [0.25, 0.3) is 5.91 Å². The predicted octanol–water partition coefficient (Wildman–Crippen LogP) is 1.52. The molecule has 0 saturated carbocycles. The smallest absolute Gasteiger partial charge is 0.253 e. The molecule has 3 nitrogen and oxygen atoms in total. The second-order valence-corrected chi connectivity index (χ2v) is 3.39. The van der Waals surface area contributed by atoms with E-state index in [2.05, 4.69) is 11.4 Å². The van der Waals surface area contributed by atoms with Crippen molar-refractivity contribution in [1.82, 2.24) is 9.88 Å². The summed E-state index contributed by atoms with van der Waals surface area (Å²) in [4.78, 5) is 17.7. The number of aromatic nitrogens is 1. The largest absolute Gasteiger partial charge is 0.339 e. The van der Waals surface area contributed by atoms with Gasteiger partial charge in [-0.2, -0.15) is 0 Å². The fraction of sp³-hybridized carbons (Fsp3) is 0.364. The van der Waals surface area contributed by atoms with Crippen LogP contribution in [0.25, 0.3) is 0 Å². The van der Waals surface area contributed by atoms with Gasteiger partial charge in [-0.25, -0.2) is 0 Å². The van der Waals surface area contributed by atoms with Gasteiger partial charge >= 0.3 is 0 Å². The summed E-state index contributed by atoms with van der Waals surface area (Å²) in [6.07, 6.45) is 7.57. The first-order valence-corrected chi connectivity index (χ1v) is 4.89. The molecule has 1 aromatic rings. The fourth-order valence-corrected chi connectivity index (χ4v) is 1.63. The summed E-state index contributed by atoms with van der Waals surface area (Å²) in [6.45, 7) is 1.70. The van der Waals surface area contributed by atoms with Gasteiger partial charge in [0, 0.05) is 31.0 Å². The molecule has 2 heterocycles. The Balaban J connectivity index is 2.07. The van der Waals surface area contributed by atoms with Crippen LogP contribution >= 0.6 is 0 Å². The number of rotatable bonds is 1. The lowest BCUT2D eigenvalue weighted by atomic mass is 10.1. The molecule has 14 heavy (non-hydrogen) atoms. The van der Waals surface area contributed by atoms with E-state index in [9.17, 15) is 4.79 Å².